The lowest BCUT2D eigenvalue weighted by molar-refractivity contribution is -0.146. The molecule has 1 amide bonds. The van der Waals surface area contributed by atoms with Crippen molar-refractivity contribution in [1.29, 1.82) is 0 Å². The molecule has 0 saturated carbocycles. The molecule has 0 aliphatic carbocycles. The van der Waals surface area contributed by atoms with Crippen LogP contribution in [0.4, 0.5) is 0 Å². The zero-order chi connectivity index (χ0) is 20.6. The van der Waals surface area contributed by atoms with Gasteiger partial charge in [-0.05, 0) is 19.1 Å². The van der Waals surface area contributed by atoms with E-state index in [1.165, 1.54) is 0 Å². The normalized spacial score (nSPS) is 14.1. The Morgan fingerprint density at radius 3 is 2.63 bits per heavy atom. The standard InChI is InChI=1S/C21H27N3O4S.ClH/c1-3-28-21(26)8-7-20(25)24-11-9-23(10-12-24)14-19-22-18(15-29-19)16-5-4-6-17(13-16)27-2;/h4-6,13,15H,3,7-12,14H2,1-2H3;1H. The van der Waals surface area contributed by atoms with Crippen molar-refractivity contribution in [2.45, 2.75) is 26.3 Å². The smallest absolute Gasteiger partial charge is 0.306 e. The number of carbonyl (C=O) groups excluding carboxylic acids is 2. The Kier molecular flexibility index (Phi) is 9.55. The second kappa shape index (κ2) is 11.9. The zero-order valence-electron chi connectivity index (χ0n) is 17.3. The monoisotopic (exact) mass is 453 g/mol. The molecule has 1 aromatic carbocycles. The molecule has 3 rings (SSSR count). The fourth-order valence-corrected chi connectivity index (χ4v) is 4.09. The number of rotatable bonds is 8. The van der Waals surface area contributed by atoms with E-state index in [0.717, 1.165) is 41.6 Å². The summed E-state index contributed by atoms with van der Waals surface area (Å²) in [6.07, 6.45) is 0.369. The molecule has 0 spiro atoms. The highest BCUT2D eigenvalue weighted by Gasteiger charge is 2.22. The molecule has 2 aromatic rings. The lowest BCUT2D eigenvalue weighted by Crippen LogP contribution is -2.48. The third kappa shape index (κ3) is 6.68. The van der Waals surface area contributed by atoms with Crippen molar-refractivity contribution in [3.8, 4) is 17.0 Å². The zero-order valence-corrected chi connectivity index (χ0v) is 19.0. The molecular weight excluding hydrogens is 426 g/mol. The number of piperazine rings is 1. The van der Waals surface area contributed by atoms with Gasteiger partial charge in [0.1, 0.15) is 10.8 Å². The maximum absolute atomic E-state index is 12.3. The minimum absolute atomic E-state index is 0. The Morgan fingerprint density at radius 1 is 1.17 bits per heavy atom. The van der Waals surface area contributed by atoms with E-state index in [9.17, 15) is 9.59 Å². The van der Waals surface area contributed by atoms with Crippen LogP contribution in [0.5, 0.6) is 5.75 Å². The van der Waals surface area contributed by atoms with Gasteiger partial charge in [-0.3, -0.25) is 14.5 Å². The van der Waals surface area contributed by atoms with Gasteiger partial charge in [-0.25, -0.2) is 4.98 Å². The van der Waals surface area contributed by atoms with Crippen LogP contribution in [0.3, 0.4) is 0 Å². The quantitative estimate of drug-likeness (QED) is 0.571. The third-order valence-corrected chi connectivity index (χ3v) is 5.68. The van der Waals surface area contributed by atoms with Crippen LogP contribution in [-0.4, -0.2) is 66.6 Å². The number of aromatic nitrogens is 1. The number of benzene rings is 1. The van der Waals surface area contributed by atoms with Gasteiger partial charge in [-0.15, -0.1) is 23.7 Å². The lowest BCUT2D eigenvalue weighted by atomic mass is 10.2. The number of hydrogen-bond donors (Lipinski definition) is 0. The summed E-state index contributed by atoms with van der Waals surface area (Å²) in [5.74, 6) is 0.531. The molecule has 1 aliphatic rings. The lowest BCUT2D eigenvalue weighted by Gasteiger charge is -2.34. The highest BCUT2D eigenvalue weighted by atomic mass is 35.5. The second-order valence-corrected chi connectivity index (χ2v) is 7.76. The maximum atomic E-state index is 12.3. The van der Waals surface area contributed by atoms with Crippen LogP contribution < -0.4 is 4.74 Å². The van der Waals surface area contributed by atoms with E-state index < -0.39 is 0 Å². The van der Waals surface area contributed by atoms with Crippen LogP contribution >= 0.6 is 23.7 Å². The molecule has 7 nitrogen and oxygen atoms in total. The van der Waals surface area contributed by atoms with Gasteiger partial charge in [0.15, 0.2) is 0 Å². The molecule has 0 bridgehead atoms. The van der Waals surface area contributed by atoms with Gasteiger partial charge in [-0.1, -0.05) is 12.1 Å². The molecule has 9 heteroatoms. The van der Waals surface area contributed by atoms with E-state index in [2.05, 4.69) is 10.3 Å². The first-order valence-corrected chi connectivity index (χ1v) is 10.7. The number of halogens is 1. The van der Waals surface area contributed by atoms with Gasteiger partial charge in [0, 0.05) is 43.5 Å². The molecule has 2 heterocycles. The summed E-state index contributed by atoms with van der Waals surface area (Å²) >= 11 is 1.65. The second-order valence-electron chi connectivity index (χ2n) is 6.82. The van der Waals surface area contributed by atoms with Gasteiger partial charge in [0.25, 0.3) is 0 Å². The van der Waals surface area contributed by atoms with E-state index in [4.69, 9.17) is 14.5 Å². The van der Waals surface area contributed by atoms with Crippen LogP contribution in [0, 0.1) is 0 Å². The van der Waals surface area contributed by atoms with E-state index in [-0.39, 0.29) is 37.1 Å². The average Bonchev–Trinajstić information content (AvgIpc) is 3.21. The SMILES string of the molecule is CCOC(=O)CCC(=O)N1CCN(Cc2nc(-c3cccc(OC)c3)cs2)CC1.Cl. The number of methoxy groups -OCH3 is 1. The van der Waals surface area contributed by atoms with Crippen molar-refractivity contribution in [3.05, 3.63) is 34.7 Å². The molecule has 0 atom stereocenters. The third-order valence-electron chi connectivity index (χ3n) is 4.85. The van der Waals surface area contributed by atoms with Crippen molar-refractivity contribution < 1.29 is 19.1 Å². The number of nitrogens with zero attached hydrogens (tertiary/aromatic N) is 3. The van der Waals surface area contributed by atoms with Crippen LogP contribution in [0.2, 0.25) is 0 Å². The fourth-order valence-electron chi connectivity index (χ4n) is 3.25. The molecule has 1 fully saturated rings. The summed E-state index contributed by atoms with van der Waals surface area (Å²) in [6, 6.07) is 7.90. The minimum Gasteiger partial charge on any atom is -0.497 e. The number of amides is 1. The van der Waals surface area contributed by atoms with Gasteiger partial charge >= 0.3 is 5.97 Å². The van der Waals surface area contributed by atoms with Crippen molar-refractivity contribution in [3.63, 3.8) is 0 Å². The number of hydrogen-bond acceptors (Lipinski definition) is 7. The van der Waals surface area contributed by atoms with Crippen molar-refractivity contribution in [2.75, 3.05) is 39.9 Å². The molecule has 0 radical (unpaired) electrons. The summed E-state index contributed by atoms with van der Waals surface area (Å²) in [5.41, 5.74) is 2.00. The summed E-state index contributed by atoms with van der Waals surface area (Å²) in [7, 11) is 1.66. The molecule has 1 aliphatic heterocycles. The first-order chi connectivity index (χ1) is 14.1. The van der Waals surface area contributed by atoms with E-state index in [1.54, 1.807) is 25.4 Å². The highest BCUT2D eigenvalue weighted by molar-refractivity contribution is 7.09. The molecule has 1 saturated heterocycles. The number of esters is 1. The van der Waals surface area contributed by atoms with Gasteiger partial charge in [0.05, 0.1) is 32.4 Å². The first kappa shape index (κ1) is 24.1. The Balaban J connectivity index is 0.00000320. The minimum atomic E-state index is -0.310. The Labute approximate surface area is 187 Å². The van der Waals surface area contributed by atoms with Crippen LogP contribution in [0.1, 0.15) is 24.8 Å². The Bertz CT molecular complexity index is 837. The number of ether oxygens (including phenoxy) is 2. The molecular formula is C21H28ClN3O4S. The van der Waals surface area contributed by atoms with Crippen molar-refractivity contribution in [2.24, 2.45) is 0 Å². The average molecular weight is 454 g/mol. The Morgan fingerprint density at radius 2 is 1.93 bits per heavy atom. The fraction of sp³-hybridized carbons (Fsp3) is 0.476. The largest absolute Gasteiger partial charge is 0.497 e. The first-order valence-electron chi connectivity index (χ1n) is 9.83. The number of thiazole rings is 1. The maximum Gasteiger partial charge on any atom is 0.306 e. The van der Waals surface area contributed by atoms with Crippen LogP contribution in [0.15, 0.2) is 29.6 Å². The van der Waals surface area contributed by atoms with Gasteiger partial charge in [0.2, 0.25) is 5.91 Å². The molecule has 1 aromatic heterocycles. The predicted octanol–water partition coefficient (Wildman–Crippen LogP) is 3.23. The summed E-state index contributed by atoms with van der Waals surface area (Å²) in [6.45, 7) is 5.85. The Hall–Kier alpha value is -2.16. The molecule has 164 valence electrons. The molecule has 30 heavy (non-hydrogen) atoms. The highest BCUT2D eigenvalue weighted by Crippen LogP contribution is 2.26. The van der Waals surface area contributed by atoms with Gasteiger partial charge in [-0.2, -0.15) is 0 Å². The van der Waals surface area contributed by atoms with Crippen molar-refractivity contribution >= 4 is 35.6 Å². The summed E-state index contributed by atoms with van der Waals surface area (Å²) in [4.78, 5) is 32.6. The molecule has 0 unspecified atom stereocenters. The van der Waals surface area contributed by atoms with E-state index >= 15 is 0 Å². The van der Waals surface area contributed by atoms with Crippen molar-refractivity contribution in [1.82, 2.24) is 14.8 Å². The molecule has 0 N–H and O–H groups in total. The predicted molar refractivity (Wildman–Crippen MR) is 119 cm³/mol. The van der Waals surface area contributed by atoms with Gasteiger partial charge < -0.3 is 14.4 Å². The summed E-state index contributed by atoms with van der Waals surface area (Å²) < 4.78 is 10.2. The van der Waals surface area contributed by atoms with E-state index in [1.807, 2.05) is 29.2 Å². The topological polar surface area (TPSA) is 72.0 Å². The summed E-state index contributed by atoms with van der Waals surface area (Å²) in [5, 5.41) is 3.13. The van der Waals surface area contributed by atoms with Crippen LogP contribution in [0.25, 0.3) is 11.3 Å². The number of carbonyl (C=O) groups is 2. The van der Waals surface area contributed by atoms with E-state index in [0.29, 0.717) is 19.7 Å². The van der Waals surface area contributed by atoms with Crippen LogP contribution in [-0.2, 0) is 20.9 Å².